The molecular formula is C12H19ClN2O4S. The molecule has 0 atom stereocenters. The van der Waals surface area contributed by atoms with E-state index in [0.717, 1.165) is 6.26 Å². The van der Waals surface area contributed by atoms with E-state index in [-0.39, 0.29) is 30.5 Å². The molecule has 0 saturated carbocycles. The SMILES string of the molecule is COc1ccc(NC(=O)CCCS(C)(=O)=O)cc1N.Cl. The van der Waals surface area contributed by atoms with E-state index < -0.39 is 9.84 Å². The van der Waals surface area contributed by atoms with Gasteiger partial charge in [-0.1, -0.05) is 0 Å². The topological polar surface area (TPSA) is 98.5 Å². The number of rotatable bonds is 6. The number of ether oxygens (including phenoxy) is 1. The second-order valence-electron chi connectivity index (χ2n) is 4.24. The lowest BCUT2D eigenvalue weighted by Gasteiger charge is -2.08. The molecule has 3 N–H and O–H groups in total. The van der Waals surface area contributed by atoms with Crippen molar-refractivity contribution in [3.05, 3.63) is 18.2 Å². The second-order valence-corrected chi connectivity index (χ2v) is 6.50. The van der Waals surface area contributed by atoms with Crippen molar-refractivity contribution in [1.29, 1.82) is 0 Å². The van der Waals surface area contributed by atoms with E-state index in [2.05, 4.69) is 5.32 Å². The number of sulfone groups is 1. The zero-order valence-corrected chi connectivity index (χ0v) is 13.0. The minimum atomic E-state index is -3.02. The number of halogens is 1. The third kappa shape index (κ3) is 6.63. The maximum absolute atomic E-state index is 11.6. The average molecular weight is 323 g/mol. The molecule has 0 aliphatic rings. The fourth-order valence-corrected chi connectivity index (χ4v) is 2.20. The Labute approximate surface area is 125 Å². The summed E-state index contributed by atoms with van der Waals surface area (Å²) in [6.07, 6.45) is 1.60. The first kappa shape index (κ1) is 18.5. The van der Waals surface area contributed by atoms with Gasteiger partial charge in [-0.15, -0.1) is 12.4 Å². The van der Waals surface area contributed by atoms with Crippen LogP contribution in [0.5, 0.6) is 5.75 Å². The molecule has 0 fully saturated rings. The van der Waals surface area contributed by atoms with Crippen molar-refractivity contribution < 1.29 is 17.9 Å². The average Bonchev–Trinajstić information content (AvgIpc) is 2.27. The molecule has 0 heterocycles. The first-order valence-electron chi connectivity index (χ1n) is 5.73. The van der Waals surface area contributed by atoms with E-state index >= 15 is 0 Å². The Morgan fingerprint density at radius 3 is 2.55 bits per heavy atom. The lowest BCUT2D eigenvalue weighted by Crippen LogP contribution is -2.13. The highest BCUT2D eigenvalue weighted by molar-refractivity contribution is 7.90. The third-order valence-electron chi connectivity index (χ3n) is 2.43. The molecule has 6 nitrogen and oxygen atoms in total. The van der Waals surface area contributed by atoms with Crippen molar-refractivity contribution >= 4 is 39.5 Å². The Balaban J connectivity index is 0.00000361. The Morgan fingerprint density at radius 1 is 1.40 bits per heavy atom. The number of carbonyl (C=O) groups excluding carboxylic acids is 1. The molecule has 0 aromatic heterocycles. The monoisotopic (exact) mass is 322 g/mol. The summed E-state index contributed by atoms with van der Waals surface area (Å²) in [5.74, 6) is 0.300. The third-order valence-corrected chi connectivity index (χ3v) is 3.46. The number of amides is 1. The maximum Gasteiger partial charge on any atom is 0.224 e. The van der Waals surface area contributed by atoms with E-state index in [9.17, 15) is 13.2 Å². The molecular weight excluding hydrogens is 304 g/mol. The molecule has 1 aromatic carbocycles. The van der Waals surface area contributed by atoms with Crippen LogP contribution in [0.3, 0.4) is 0 Å². The lowest BCUT2D eigenvalue weighted by molar-refractivity contribution is -0.116. The first-order valence-corrected chi connectivity index (χ1v) is 7.79. The molecule has 20 heavy (non-hydrogen) atoms. The van der Waals surface area contributed by atoms with Gasteiger partial charge in [0.05, 0.1) is 18.6 Å². The van der Waals surface area contributed by atoms with Gasteiger partial charge in [0.1, 0.15) is 15.6 Å². The molecule has 114 valence electrons. The first-order chi connectivity index (χ1) is 8.81. The summed E-state index contributed by atoms with van der Waals surface area (Å²) in [5.41, 5.74) is 6.69. The number of benzene rings is 1. The van der Waals surface area contributed by atoms with E-state index in [0.29, 0.717) is 23.5 Å². The molecule has 0 radical (unpaired) electrons. The van der Waals surface area contributed by atoms with Gasteiger partial charge in [-0.2, -0.15) is 0 Å². The molecule has 0 spiro atoms. The highest BCUT2D eigenvalue weighted by Gasteiger charge is 2.07. The smallest absolute Gasteiger partial charge is 0.224 e. The molecule has 1 aromatic rings. The Morgan fingerprint density at radius 2 is 2.05 bits per heavy atom. The summed E-state index contributed by atoms with van der Waals surface area (Å²) in [6, 6.07) is 4.92. The van der Waals surface area contributed by atoms with E-state index in [1.807, 2.05) is 0 Å². The van der Waals surface area contributed by atoms with Gasteiger partial charge in [0.2, 0.25) is 5.91 Å². The number of methoxy groups -OCH3 is 1. The Kier molecular flexibility index (Phi) is 7.38. The molecule has 8 heteroatoms. The highest BCUT2D eigenvalue weighted by atomic mass is 35.5. The van der Waals surface area contributed by atoms with Crippen molar-refractivity contribution in [2.24, 2.45) is 0 Å². The highest BCUT2D eigenvalue weighted by Crippen LogP contribution is 2.24. The quantitative estimate of drug-likeness (QED) is 0.773. The van der Waals surface area contributed by atoms with Gasteiger partial charge in [-0.05, 0) is 24.6 Å². The fourth-order valence-electron chi connectivity index (χ4n) is 1.53. The van der Waals surface area contributed by atoms with Crippen molar-refractivity contribution in [2.45, 2.75) is 12.8 Å². The zero-order chi connectivity index (χ0) is 14.5. The van der Waals surface area contributed by atoms with Gasteiger partial charge in [0.15, 0.2) is 0 Å². The molecule has 0 aliphatic heterocycles. The number of hydrogen-bond donors (Lipinski definition) is 2. The summed E-state index contributed by atoms with van der Waals surface area (Å²) in [5, 5.41) is 2.65. The molecule has 0 aliphatic carbocycles. The number of anilines is 2. The molecule has 0 unspecified atom stereocenters. The van der Waals surface area contributed by atoms with Crippen molar-refractivity contribution in [1.82, 2.24) is 0 Å². The van der Waals surface area contributed by atoms with Crippen LogP contribution in [0.25, 0.3) is 0 Å². The van der Waals surface area contributed by atoms with Crippen LogP contribution in [-0.2, 0) is 14.6 Å². The summed E-state index contributed by atoms with van der Waals surface area (Å²) in [7, 11) is -1.52. The van der Waals surface area contributed by atoms with Crippen LogP contribution in [0, 0.1) is 0 Å². The predicted octanol–water partition coefficient (Wildman–Crippen LogP) is 1.46. The normalized spacial score (nSPS) is 10.5. The minimum absolute atomic E-state index is 0. The van der Waals surface area contributed by atoms with Gasteiger partial charge in [-0.3, -0.25) is 4.79 Å². The van der Waals surface area contributed by atoms with Gasteiger partial charge in [0.25, 0.3) is 0 Å². The van der Waals surface area contributed by atoms with Crippen LogP contribution in [0.2, 0.25) is 0 Å². The van der Waals surface area contributed by atoms with E-state index in [4.69, 9.17) is 10.5 Å². The molecule has 1 rings (SSSR count). The Hall–Kier alpha value is -1.47. The minimum Gasteiger partial charge on any atom is -0.495 e. The number of nitrogen functional groups attached to an aromatic ring is 1. The molecule has 0 bridgehead atoms. The zero-order valence-electron chi connectivity index (χ0n) is 11.4. The lowest BCUT2D eigenvalue weighted by atomic mass is 10.2. The largest absolute Gasteiger partial charge is 0.495 e. The van der Waals surface area contributed by atoms with E-state index in [1.165, 1.54) is 7.11 Å². The maximum atomic E-state index is 11.6. The number of nitrogens with one attached hydrogen (secondary N) is 1. The number of hydrogen-bond acceptors (Lipinski definition) is 5. The summed E-state index contributed by atoms with van der Waals surface area (Å²) < 4.78 is 26.9. The fraction of sp³-hybridized carbons (Fsp3) is 0.417. The number of nitrogens with two attached hydrogens (primary N) is 1. The van der Waals surface area contributed by atoms with Crippen LogP contribution in [0.15, 0.2) is 18.2 Å². The second kappa shape index (κ2) is 7.96. The molecule has 0 saturated heterocycles. The van der Waals surface area contributed by atoms with Gasteiger partial charge < -0.3 is 15.8 Å². The van der Waals surface area contributed by atoms with Crippen LogP contribution in [0.1, 0.15) is 12.8 Å². The van der Waals surface area contributed by atoms with Gasteiger partial charge >= 0.3 is 0 Å². The van der Waals surface area contributed by atoms with Gasteiger partial charge in [0, 0.05) is 18.4 Å². The Bertz CT molecular complexity index is 561. The molecule has 1 amide bonds. The van der Waals surface area contributed by atoms with Crippen LogP contribution >= 0.6 is 12.4 Å². The predicted molar refractivity (Wildman–Crippen MR) is 82.2 cm³/mol. The number of carbonyl (C=O) groups is 1. The van der Waals surface area contributed by atoms with Gasteiger partial charge in [-0.25, -0.2) is 8.42 Å². The van der Waals surface area contributed by atoms with Crippen molar-refractivity contribution in [3.63, 3.8) is 0 Å². The van der Waals surface area contributed by atoms with Crippen LogP contribution < -0.4 is 15.8 Å². The van der Waals surface area contributed by atoms with Crippen LogP contribution in [-0.4, -0.2) is 33.4 Å². The summed E-state index contributed by atoms with van der Waals surface area (Å²) in [6.45, 7) is 0. The van der Waals surface area contributed by atoms with Crippen molar-refractivity contribution in [2.75, 3.05) is 30.2 Å². The van der Waals surface area contributed by atoms with E-state index in [1.54, 1.807) is 18.2 Å². The summed E-state index contributed by atoms with van der Waals surface area (Å²) >= 11 is 0. The van der Waals surface area contributed by atoms with Crippen LogP contribution in [0.4, 0.5) is 11.4 Å². The van der Waals surface area contributed by atoms with Crippen molar-refractivity contribution in [3.8, 4) is 5.75 Å². The summed E-state index contributed by atoms with van der Waals surface area (Å²) in [4.78, 5) is 11.6. The standard InChI is InChI=1S/C12H18N2O4S.ClH/c1-18-11-6-5-9(8-10(11)13)14-12(15)4-3-7-19(2,16)17;/h5-6,8H,3-4,7,13H2,1-2H3,(H,14,15);1H.